The minimum absolute atomic E-state index is 0.0185. The third kappa shape index (κ3) is 2.52. The summed E-state index contributed by atoms with van der Waals surface area (Å²) in [6, 6.07) is 7.98. The molecule has 1 aliphatic heterocycles. The number of carbonyl (C=O) groups is 1. The monoisotopic (exact) mass is 372 g/mol. The predicted molar refractivity (Wildman–Crippen MR) is 95.6 cm³/mol. The molecular weight excluding hydrogens is 356 g/mol. The van der Waals surface area contributed by atoms with Crippen LogP contribution in [0.3, 0.4) is 0 Å². The molecule has 8 nitrogen and oxygen atoms in total. The van der Waals surface area contributed by atoms with Gasteiger partial charge in [-0.3, -0.25) is 9.78 Å². The van der Waals surface area contributed by atoms with Gasteiger partial charge in [-0.1, -0.05) is 6.07 Å². The van der Waals surface area contributed by atoms with Crippen LogP contribution in [0.4, 0.5) is 5.69 Å². The van der Waals surface area contributed by atoms with E-state index in [-0.39, 0.29) is 23.2 Å². The number of carbonyl (C=O) groups excluding carboxylic acids is 1. The van der Waals surface area contributed by atoms with E-state index in [9.17, 15) is 13.2 Å². The number of hydrogen-bond donors (Lipinski definition) is 2. The highest BCUT2D eigenvalue weighted by atomic mass is 32.2. The Labute approximate surface area is 149 Å². The standard InChI is InChI=1S/C17H16N4O4S/c18-7-6-11-9-21(13-4-2-8-19-16(11)13)26(23,24)14-5-1-3-12-17(14)25-10-15(22)20-12/h1-5,8-9H,6-7,10,18H2,(H,20,22). The molecule has 26 heavy (non-hydrogen) atoms. The summed E-state index contributed by atoms with van der Waals surface area (Å²) in [5.41, 5.74) is 7.79. The summed E-state index contributed by atoms with van der Waals surface area (Å²) in [5, 5.41) is 2.62. The molecule has 0 fully saturated rings. The van der Waals surface area contributed by atoms with Crippen LogP contribution in [0.15, 0.2) is 47.6 Å². The van der Waals surface area contributed by atoms with Crippen LogP contribution in [0, 0.1) is 0 Å². The van der Waals surface area contributed by atoms with Crippen LogP contribution in [0.2, 0.25) is 0 Å². The summed E-state index contributed by atoms with van der Waals surface area (Å²) < 4.78 is 33.3. The lowest BCUT2D eigenvalue weighted by molar-refractivity contribution is -0.118. The minimum Gasteiger partial charge on any atom is -0.480 e. The van der Waals surface area contributed by atoms with E-state index in [0.717, 1.165) is 5.56 Å². The molecule has 0 saturated carbocycles. The highest BCUT2D eigenvalue weighted by Gasteiger charge is 2.29. The molecular formula is C17H16N4O4S. The molecule has 1 aliphatic rings. The topological polar surface area (TPSA) is 116 Å². The molecule has 0 unspecified atom stereocenters. The summed E-state index contributed by atoms with van der Waals surface area (Å²) >= 11 is 0. The Hall–Kier alpha value is -2.91. The summed E-state index contributed by atoms with van der Waals surface area (Å²) in [4.78, 5) is 15.8. The molecule has 3 heterocycles. The fraction of sp³-hybridized carbons (Fsp3) is 0.176. The predicted octanol–water partition coefficient (Wildman–Crippen LogP) is 1.11. The van der Waals surface area contributed by atoms with Crippen LogP contribution in [0.5, 0.6) is 5.75 Å². The van der Waals surface area contributed by atoms with E-state index in [1.54, 1.807) is 36.7 Å². The van der Waals surface area contributed by atoms with Crippen molar-refractivity contribution in [3.05, 3.63) is 48.3 Å². The first-order valence-corrected chi connectivity index (χ1v) is 9.42. The van der Waals surface area contributed by atoms with E-state index >= 15 is 0 Å². The number of nitrogens with one attached hydrogen (secondary N) is 1. The maximum Gasteiger partial charge on any atom is 0.271 e. The molecule has 0 saturated heterocycles. The second-order valence-electron chi connectivity index (χ2n) is 5.83. The molecule has 1 amide bonds. The van der Waals surface area contributed by atoms with E-state index in [1.165, 1.54) is 10.0 Å². The van der Waals surface area contributed by atoms with E-state index in [4.69, 9.17) is 10.5 Å². The number of nitrogens with two attached hydrogens (primary N) is 1. The van der Waals surface area contributed by atoms with E-state index < -0.39 is 10.0 Å². The van der Waals surface area contributed by atoms with Crippen molar-refractivity contribution in [2.75, 3.05) is 18.5 Å². The smallest absolute Gasteiger partial charge is 0.271 e. The second-order valence-corrected chi connectivity index (χ2v) is 7.62. The van der Waals surface area contributed by atoms with E-state index in [1.807, 2.05) is 0 Å². The SMILES string of the molecule is NCCc1cn(S(=O)(=O)c2cccc3c2OCC(=O)N3)c2cccnc12. The van der Waals surface area contributed by atoms with Gasteiger partial charge >= 0.3 is 0 Å². The Morgan fingerprint density at radius 3 is 2.92 bits per heavy atom. The normalized spacial score (nSPS) is 14.0. The van der Waals surface area contributed by atoms with Crippen LogP contribution in [0.25, 0.3) is 11.0 Å². The number of para-hydroxylation sites is 1. The average molecular weight is 372 g/mol. The zero-order valence-electron chi connectivity index (χ0n) is 13.7. The Balaban J connectivity index is 1.93. The lowest BCUT2D eigenvalue weighted by atomic mass is 10.2. The van der Waals surface area contributed by atoms with Crippen molar-refractivity contribution in [2.24, 2.45) is 5.73 Å². The van der Waals surface area contributed by atoms with Gasteiger partial charge in [-0.25, -0.2) is 12.4 Å². The van der Waals surface area contributed by atoms with Gasteiger partial charge in [0.25, 0.3) is 15.9 Å². The average Bonchev–Trinajstić information content (AvgIpc) is 3.01. The first-order chi connectivity index (χ1) is 12.5. The van der Waals surface area contributed by atoms with Gasteiger partial charge in [-0.05, 0) is 42.8 Å². The maximum absolute atomic E-state index is 13.3. The Morgan fingerprint density at radius 1 is 1.27 bits per heavy atom. The number of anilines is 1. The van der Waals surface area contributed by atoms with Gasteiger partial charge in [0.2, 0.25) is 0 Å². The van der Waals surface area contributed by atoms with Crippen molar-refractivity contribution in [3.63, 3.8) is 0 Å². The molecule has 1 aromatic carbocycles. The van der Waals surface area contributed by atoms with Crippen molar-refractivity contribution < 1.29 is 17.9 Å². The summed E-state index contributed by atoms with van der Waals surface area (Å²) in [5.74, 6) is -0.189. The number of benzene rings is 1. The number of hydrogen-bond acceptors (Lipinski definition) is 6. The van der Waals surface area contributed by atoms with Gasteiger partial charge in [0.1, 0.15) is 4.90 Å². The van der Waals surface area contributed by atoms with Gasteiger partial charge in [0.15, 0.2) is 12.4 Å². The highest BCUT2D eigenvalue weighted by Crippen LogP contribution is 2.36. The van der Waals surface area contributed by atoms with Gasteiger partial charge in [-0.15, -0.1) is 0 Å². The van der Waals surface area contributed by atoms with Crippen molar-refractivity contribution in [2.45, 2.75) is 11.3 Å². The quantitative estimate of drug-likeness (QED) is 0.708. The minimum atomic E-state index is -3.96. The van der Waals surface area contributed by atoms with Gasteiger partial charge in [0, 0.05) is 12.4 Å². The van der Waals surface area contributed by atoms with Crippen LogP contribution in [-0.2, 0) is 21.2 Å². The molecule has 0 aliphatic carbocycles. The molecule has 0 atom stereocenters. The largest absolute Gasteiger partial charge is 0.480 e. The van der Waals surface area contributed by atoms with Crippen LogP contribution < -0.4 is 15.8 Å². The third-order valence-corrected chi connectivity index (χ3v) is 5.85. The number of fused-ring (bicyclic) bond motifs is 2. The van der Waals surface area contributed by atoms with Crippen LogP contribution in [-0.4, -0.2) is 36.4 Å². The lowest BCUT2D eigenvalue weighted by Gasteiger charge is -2.20. The number of ether oxygens (including phenoxy) is 1. The van der Waals surface area contributed by atoms with E-state index in [2.05, 4.69) is 10.3 Å². The number of amides is 1. The summed E-state index contributed by atoms with van der Waals surface area (Å²) in [6.45, 7) is 0.150. The molecule has 3 aromatic rings. The Bertz CT molecular complexity index is 1120. The third-order valence-electron chi connectivity index (χ3n) is 4.15. The maximum atomic E-state index is 13.3. The van der Waals surface area contributed by atoms with Gasteiger partial charge in [0.05, 0.1) is 16.7 Å². The van der Waals surface area contributed by atoms with E-state index in [0.29, 0.717) is 29.7 Å². The van der Waals surface area contributed by atoms with Crippen molar-refractivity contribution in [1.29, 1.82) is 0 Å². The Kier molecular flexibility index (Phi) is 3.89. The lowest BCUT2D eigenvalue weighted by Crippen LogP contribution is -2.27. The van der Waals surface area contributed by atoms with Crippen LogP contribution in [0.1, 0.15) is 5.56 Å². The number of pyridine rings is 1. The fourth-order valence-electron chi connectivity index (χ4n) is 3.03. The molecule has 2 aromatic heterocycles. The number of nitrogens with zero attached hydrogens (tertiary/aromatic N) is 2. The second kappa shape index (κ2) is 6.11. The fourth-order valence-corrected chi connectivity index (χ4v) is 4.57. The molecule has 0 spiro atoms. The molecule has 9 heteroatoms. The Morgan fingerprint density at radius 2 is 2.12 bits per heavy atom. The zero-order chi connectivity index (χ0) is 18.3. The van der Waals surface area contributed by atoms with Crippen LogP contribution >= 0.6 is 0 Å². The highest BCUT2D eigenvalue weighted by molar-refractivity contribution is 7.90. The first-order valence-electron chi connectivity index (χ1n) is 7.98. The molecule has 3 N–H and O–H groups in total. The number of rotatable bonds is 4. The van der Waals surface area contributed by atoms with Crippen molar-refractivity contribution >= 4 is 32.7 Å². The zero-order valence-corrected chi connectivity index (χ0v) is 14.5. The summed E-state index contributed by atoms with van der Waals surface area (Å²) in [7, 11) is -3.96. The summed E-state index contributed by atoms with van der Waals surface area (Å²) in [6.07, 6.45) is 3.67. The molecule has 0 radical (unpaired) electrons. The molecule has 134 valence electrons. The van der Waals surface area contributed by atoms with Gasteiger partial charge in [-0.2, -0.15) is 0 Å². The van der Waals surface area contributed by atoms with Crippen molar-refractivity contribution in [1.82, 2.24) is 8.96 Å². The number of aromatic nitrogens is 2. The van der Waals surface area contributed by atoms with Crippen molar-refractivity contribution in [3.8, 4) is 5.75 Å². The molecule has 4 rings (SSSR count). The molecule has 0 bridgehead atoms. The van der Waals surface area contributed by atoms with Gasteiger partial charge < -0.3 is 15.8 Å². The first kappa shape index (κ1) is 16.6.